The van der Waals surface area contributed by atoms with Crippen molar-refractivity contribution in [3.8, 4) is 0 Å². The molecule has 2 N–H and O–H groups in total. The molecule has 0 saturated heterocycles. The molecule has 1 aliphatic heterocycles. The predicted molar refractivity (Wildman–Crippen MR) is 69.6 cm³/mol. The summed E-state index contributed by atoms with van der Waals surface area (Å²) in [6.45, 7) is 5.26. The third kappa shape index (κ3) is 2.51. The SMILES string of the molecule is CCC(CC)c1[nH]c(=O)nc2c1CCCCN2. The van der Waals surface area contributed by atoms with Crippen LogP contribution in [0.15, 0.2) is 4.79 Å². The maximum absolute atomic E-state index is 11.6. The molecule has 4 heteroatoms. The molecule has 1 aromatic rings. The molecule has 0 bridgehead atoms. The van der Waals surface area contributed by atoms with Crippen molar-refractivity contribution in [2.45, 2.75) is 51.9 Å². The van der Waals surface area contributed by atoms with Crippen LogP contribution < -0.4 is 11.0 Å². The fourth-order valence-electron chi connectivity index (χ4n) is 2.59. The Morgan fingerprint density at radius 2 is 2.06 bits per heavy atom. The maximum Gasteiger partial charge on any atom is 0.347 e. The fraction of sp³-hybridized carbons (Fsp3) is 0.692. The van der Waals surface area contributed by atoms with E-state index in [-0.39, 0.29) is 5.69 Å². The van der Waals surface area contributed by atoms with Gasteiger partial charge >= 0.3 is 5.69 Å². The molecule has 0 atom stereocenters. The number of anilines is 1. The molecule has 0 fully saturated rings. The van der Waals surface area contributed by atoms with Crippen LogP contribution in [0.3, 0.4) is 0 Å². The molecular formula is C13H21N3O. The van der Waals surface area contributed by atoms with Gasteiger partial charge in [0.25, 0.3) is 0 Å². The van der Waals surface area contributed by atoms with Gasteiger partial charge in [-0.15, -0.1) is 0 Å². The van der Waals surface area contributed by atoms with E-state index >= 15 is 0 Å². The zero-order chi connectivity index (χ0) is 12.3. The average Bonchev–Trinajstić information content (AvgIpc) is 2.55. The van der Waals surface area contributed by atoms with Crippen LogP contribution in [0.1, 0.15) is 56.7 Å². The van der Waals surface area contributed by atoms with Crippen molar-refractivity contribution in [2.24, 2.45) is 0 Å². The van der Waals surface area contributed by atoms with Gasteiger partial charge in [-0.3, -0.25) is 0 Å². The molecule has 1 aromatic heterocycles. The summed E-state index contributed by atoms with van der Waals surface area (Å²) in [7, 11) is 0. The Morgan fingerprint density at radius 1 is 1.29 bits per heavy atom. The molecule has 2 heterocycles. The first kappa shape index (κ1) is 12.1. The van der Waals surface area contributed by atoms with Crippen molar-refractivity contribution in [3.05, 3.63) is 21.7 Å². The Balaban J connectivity index is 2.50. The Kier molecular flexibility index (Phi) is 3.82. The number of aromatic amines is 1. The first-order chi connectivity index (χ1) is 8.26. The lowest BCUT2D eigenvalue weighted by Gasteiger charge is -2.18. The van der Waals surface area contributed by atoms with Gasteiger partial charge in [-0.25, -0.2) is 4.79 Å². The molecule has 2 rings (SSSR count). The van der Waals surface area contributed by atoms with Crippen molar-refractivity contribution in [1.82, 2.24) is 9.97 Å². The van der Waals surface area contributed by atoms with Crippen molar-refractivity contribution in [1.29, 1.82) is 0 Å². The van der Waals surface area contributed by atoms with Gasteiger partial charge in [-0.05, 0) is 38.0 Å². The highest BCUT2D eigenvalue weighted by atomic mass is 16.1. The minimum absolute atomic E-state index is 0.222. The molecule has 0 radical (unpaired) electrons. The molecule has 0 spiro atoms. The molecule has 17 heavy (non-hydrogen) atoms. The lowest BCUT2D eigenvalue weighted by molar-refractivity contribution is 0.608. The molecular weight excluding hydrogens is 214 g/mol. The van der Waals surface area contributed by atoms with Gasteiger partial charge < -0.3 is 10.3 Å². The summed E-state index contributed by atoms with van der Waals surface area (Å²) in [5.74, 6) is 1.26. The number of hydrogen-bond donors (Lipinski definition) is 2. The van der Waals surface area contributed by atoms with E-state index < -0.39 is 0 Å². The summed E-state index contributed by atoms with van der Waals surface area (Å²) in [5, 5.41) is 3.28. The van der Waals surface area contributed by atoms with Gasteiger partial charge in [0.05, 0.1) is 0 Å². The Morgan fingerprint density at radius 3 is 2.76 bits per heavy atom. The minimum atomic E-state index is -0.222. The zero-order valence-corrected chi connectivity index (χ0v) is 10.7. The number of aromatic nitrogens is 2. The number of rotatable bonds is 3. The fourth-order valence-corrected chi connectivity index (χ4v) is 2.59. The van der Waals surface area contributed by atoms with Crippen molar-refractivity contribution in [2.75, 3.05) is 11.9 Å². The highest BCUT2D eigenvalue weighted by Gasteiger charge is 2.19. The third-order valence-corrected chi connectivity index (χ3v) is 3.61. The summed E-state index contributed by atoms with van der Waals surface area (Å²) in [5.41, 5.74) is 2.12. The normalized spacial score (nSPS) is 15.2. The highest BCUT2D eigenvalue weighted by molar-refractivity contribution is 5.47. The quantitative estimate of drug-likeness (QED) is 0.846. The van der Waals surface area contributed by atoms with Gasteiger partial charge in [0.15, 0.2) is 0 Å². The van der Waals surface area contributed by atoms with Crippen molar-refractivity contribution >= 4 is 5.82 Å². The lowest BCUT2D eigenvalue weighted by atomic mass is 9.93. The number of hydrogen-bond acceptors (Lipinski definition) is 3. The van der Waals surface area contributed by atoms with Crippen LogP contribution in [0.4, 0.5) is 5.82 Å². The van der Waals surface area contributed by atoms with E-state index in [1.165, 1.54) is 12.0 Å². The monoisotopic (exact) mass is 235 g/mol. The maximum atomic E-state index is 11.6. The van der Waals surface area contributed by atoms with Crippen molar-refractivity contribution in [3.63, 3.8) is 0 Å². The van der Waals surface area contributed by atoms with Gasteiger partial charge in [-0.2, -0.15) is 4.98 Å². The summed E-state index contributed by atoms with van der Waals surface area (Å²) in [6, 6.07) is 0. The first-order valence-electron chi connectivity index (χ1n) is 6.63. The second kappa shape index (κ2) is 5.34. The molecule has 0 aromatic carbocycles. The number of fused-ring (bicyclic) bond motifs is 1. The molecule has 1 aliphatic rings. The van der Waals surface area contributed by atoms with E-state index in [1.54, 1.807) is 0 Å². The largest absolute Gasteiger partial charge is 0.370 e. The van der Waals surface area contributed by atoms with Crippen LogP contribution in [0.25, 0.3) is 0 Å². The smallest absolute Gasteiger partial charge is 0.347 e. The van der Waals surface area contributed by atoms with E-state index in [9.17, 15) is 4.79 Å². The van der Waals surface area contributed by atoms with E-state index in [1.807, 2.05) is 0 Å². The van der Waals surface area contributed by atoms with Gasteiger partial charge in [-0.1, -0.05) is 13.8 Å². The average molecular weight is 235 g/mol. The van der Waals surface area contributed by atoms with Crippen LogP contribution in [-0.4, -0.2) is 16.5 Å². The third-order valence-electron chi connectivity index (χ3n) is 3.61. The van der Waals surface area contributed by atoms with Gasteiger partial charge in [0, 0.05) is 17.8 Å². The standard InChI is InChI=1S/C13H21N3O/c1-3-9(4-2)11-10-7-5-6-8-14-12(10)16-13(17)15-11/h9H,3-8H2,1-2H3,(H2,14,15,16,17). The lowest BCUT2D eigenvalue weighted by Crippen LogP contribution is -2.20. The van der Waals surface area contributed by atoms with E-state index in [2.05, 4.69) is 29.1 Å². The molecule has 4 nitrogen and oxygen atoms in total. The Bertz CT molecular complexity index is 435. The molecule has 0 amide bonds. The Labute approximate surface area is 102 Å². The van der Waals surface area contributed by atoms with Crippen LogP contribution in [0.5, 0.6) is 0 Å². The van der Waals surface area contributed by atoms with E-state index in [0.717, 1.165) is 43.7 Å². The Hall–Kier alpha value is -1.32. The van der Waals surface area contributed by atoms with Crippen LogP contribution in [0.2, 0.25) is 0 Å². The number of nitrogens with zero attached hydrogens (tertiary/aromatic N) is 1. The summed E-state index contributed by atoms with van der Waals surface area (Å²) >= 11 is 0. The van der Waals surface area contributed by atoms with E-state index in [4.69, 9.17) is 0 Å². The highest BCUT2D eigenvalue weighted by Crippen LogP contribution is 2.29. The summed E-state index contributed by atoms with van der Waals surface area (Å²) < 4.78 is 0. The molecule has 94 valence electrons. The van der Waals surface area contributed by atoms with Gasteiger partial charge in [0.1, 0.15) is 5.82 Å². The van der Waals surface area contributed by atoms with Crippen LogP contribution in [0, 0.1) is 0 Å². The van der Waals surface area contributed by atoms with Crippen molar-refractivity contribution < 1.29 is 0 Å². The second-order valence-electron chi connectivity index (χ2n) is 4.68. The predicted octanol–water partition coefficient (Wildman–Crippen LogP) is 2.42. The number of H-pyrrole nitrogens is 1. The topological polar surface area (TPSA) is 57.8 Å². The van der Waals surface area contributed by atoms with E-state index in [0.29, 0.717) is 5.92 Å². The molecule has 0 aliphatic carbocycles. The van der Waals surface area contributed by atoms with Gasteiger partial charge in [0.2, 0.25) is 0 Å². The molecule has 0 unspecified atom stereocenters. The summed E-state index contributed by atoms with van der Waals surface area (Å²) in [6.07, 6.45) is 5.46. The number of nitrogens with one attached hydrogen (secondary N) is 2. The second-order valence-corrected chi connectivity index (χ2v) is 4.68. The first-order valence-corrected chi connectivity index (χ1v) is 6.63. The summed E-state index contributed by atoms with van der Waals surface area (Å²) in [4.78, 5) is 18.6. The molecule has 0 saturated carbocycles. The minimum Gasteiger partial charge on any atom is -0.370 e. The van der Waals surface area contributed by atoms with Crippen LogP contribution >= 0.6 is 0 Å². The zero-order valence-electron chi connectivity index (χ0n) is 10.7. The van der Waals surface area contributed by atoms with Crippen LogP contribution in [-0.2, 0) is 6.42 Å².